The molecule has 25 heavy (non-hydrogen) atoms. The van der Waals surface area contributed by atoms with Crippen LogP contribution in [0.3, 0.4) is 0 Å². The Bertz CT molecular complexity index is 780. The number of carbonyl (C=O) groups excluding carboxylic acids is 1. The Labute approximate surface area is 153 Å². The molecule has 1 amide bonds. The van der Waals surface area contributed by atoms with Gasteiger partial charge in [-0.1, -0.05) is 12.1 Å². The third-order valence-electron chi connectivity index (χ3n) is 3.22. The summed E-state index contributed by atoms with van der Waals surface area (Å²) in [6, 6.07) is 10.6. The van der Waals surface area contributed by atoms with E-state index < -0.39 is 0 Å². The Balaban J connectivity index is 1.91. The SMILES string of the molecule is COc1ccccc1NCC(=O)N/N=C/c1cc(Br)c(O)c(OC)c1. The molecule has 0 bridgehead atoms. The van der Waals surface area contributed by atoms with Crippen molar-refractivity contribution in [2.75, 3.05) is 26.1 Å². The predicted molar refractivity (Wildman–Crippen MR) is 99.6 cm³/mol. The van der Waals surface area contributed by atoms with Gasteiger partial charge in [0.15, 0.2) is 11.5 Å². The number of rotatable bonds is 7. The number of hydrazone groups is 1. The van der Waals surface area contributed by atoms with Gasteiger partial charge in [0.05, 0.1) is 37.1 Å². The minimum absolute atomic E-state index is 0.00435. The van der Waals surface area contributed by atoms with Crippen LogP contribution in [0.5, 0.6) is 17.2 Å². The summed E-state index contributed by atoms with van der Waals surface area (Å²) in [5.41, 5.74) is 3.79. The number of amides is 1. The molecule has 0 saturated heterocycles. The molecule has 0 unspecified atom stereocenters. The first kappa shape index (κ1) is 18.6. The van der Waals surface area contributed by atoms with E-state index in [9.17, 15) is 9.90 Å². The number of nitrogens with zero attached hydrogens (tertiary/aromatic N) is 1. The molecule has 2 rings (SSSR count). The van der Waals surface area contributed by atoms with Gasteiger partial charge in [0.1, 0.15) is 5.75 Å². The van der Waals surface area contributed by atoms with Crippen LogP contribution in [-0.2, 0) is 4.79 Å². The number of hydrogen-bond donors (Lipinski definition) is 3. The molecule has 0 atom stereocenters. The first-order valence-electron chi connectivity index (χ1n) is 7.30. The van der Waals surface area contributed by atoms with E-state index in [0.717, 1.165) is 5.69 Å². The van der Waals surface area contributed by atoms with Crippen molar-refractivity contribution in [2.45, 2.75) is 0 Å². The van der Waals surface area contributed by atoms with Crippen LogP contribution in [0.15, 0.2) is 46.0 Å². The predicted octanol–water partition coefficient (Wildman–Crippen LogP) is 2.73. The quantitative estimate of drug-likeness (QED) is 0.484. The molecule has 3 N–H and O–H groups in total. The second-order valence-corrected chi connectivity index (χ2v) is 5.75. The summed E-state index contributed by atoms with van der Waals surface area (Å²) in [6.07, 6.45) is 1.45. The zero-order valence-corrected chi connectivity index (χ0v) is 15.3. The minimum Gasteiger partial charge on any atom is -0.503 e. The van der Waals surface area contributed by atoms with Crippen LogP contribution in [0.25, 0.3) is 0 Å². The highest BCUT2D eigenvalue weighted by Gasteiger charge is 2.08. The van der Waals surface area contributed by atoms with Crippen LogP contribution in [0.2, 0.25) is 0 Å². The van der Waals surface area contributed by atoms with Gasteiger partial charge in [-0.2, -0.15) is 5.10 Å². The summed E-state index contributed by atoms with van der Waals surface area (Å²) in [5.74, 6) is 0.650. The number of para-hydroxylation sites is 2. The first-order valence-corrected chi connectivity index (χ1v) is 8.09. The van der Waals surface area contributed by atoms with Gasteiger partial charge in [0, 0.05) is 0 Å². The topological polar surface area (TPSA) is 92.2 Å². The number of ether oxygens (including phenoxy) is 2. The van der Waals surface area contributed by atoms with Crippen molar-refractivity contribution < 1.29 is 19.4 Å². The fraction of sp³-hybridized carbons (Fsp3) is 0.176. The minimum atomic E-state index is -0.313. The Morgan fingerprint density at radius 2 is 1.96 bits per heavy atom. The van der Waals surface area contributed by atoms with Gasteiger partial charge in [-0.05, 0) is 45.8 Å². The molecule has 0 saturated carbocycles. The third-order valence-corrected chi connectivity index (χ3v) is 3.82. The molecule has 0 fully saturated rings. The van der Waals surface area contributed by atoms with Crippen molar-refractivity contribution in [1.82, 2.24) is 5.43 Å². The zero-order valence-electron chi connectivity index (χ0n) is 13.7. The van der Waals surface area contributed by atoms with Crippen LogP contribution in [0.4, 0.5) is 5.69 Å². The summed E-state index contributed by atoms with van der Waals surface area (Å²) in [4.78, 5) is 11.8. The molecule has 0 spiro atoms. The van der Waals surface area contributed by atoms with E-state index in [1.54, 1.807) is 25.3 Å². The number of methoxy groups -OCH3 is 2. The van der Waals surface area contributed by atoms with E-state index in [2.05, 4.69) is 31.8 Å². The highest BCUT2D eigenvalue weighted by molar-refractivity contribution is 9.10. The average molecular weight is 408 g/mol. The fourth-order valence-corrected chi connectivity index (χ4v) is 2.47. The molecular weight excluding hydrogens is 390 g/mol. The third kappa shape index (κ3) is 5.12. The number of halogens is 1. The maximum atomic E-state index is 11.8. The van der Waals surface area contributed by atoms with Crippen molar-refractivity contribution in [1.29, 1.82) is 0 Å². The summed E-state index contributed by atoms with van der Waals surface area (Å²) in [7, 11) is 3.02. The Morgan fingerprint density at radius 3 is 2.68 bits per heavy atom. The molecule has 0 aliphatic rings. The van der Waals surface area contributed by atoms with Crippen LogP contribution >= 0.6 is 15.9 Å². The first-order chi connectivity index (χ1) is 12.0. The van der Waals surface area contributed by atoms with Crippen molar-refractivity contribution in [2.24, 2.45) is 5.10 Å². The highest BCUT2D eigenvalue weighted by atomic mass is 79.9. The number of carbonyl (C=O) groups is 1. The second kappa shape index (κ2) is 8.93. The van der Waals surface area contributed by atoms with Crippen molar-refractivity contribution in [3.8, 4) is 17.2 Å². The second-order valence-electron chi connectivity index (χ2n) is 4.90. The van der Waals surface area contributed by atoms with E-state index in [0.29, 0.717) is 21.5 Å². The van der Waals surface area contributed by atoms with Crippen molar-refractivity contribution >= 4 is 33.7 Å². The Hall–Kier alpha value is -2.74. The fourth-order valence-electron chi connectivity index (χ4n) is 2.01. The maximum Gasteiger partial charge on any atom is 0.259 e. The molecule has 0 aliphatic heterocycles. The van der Waals surface area contributed by atoms with Crippen LogP contribution in [0.1, 0.15) is 5.56 Å². The van der Waals surface area contributed by atoms with Gasteiger partial charge in [-0.15, -0.1) is 0 Å². The smallest absolute Gasteiger partial charge is 0.259 e. The van der Waals surface area contributed by atoms with E-state index in [-0.39, 0.29) is 18.2 Å². The monoisotopic (exact) mass is 407 g/mol. The average Bonchev–Trinajstić information content (AvgIpc) is 2.62. The molecule has 132 valence electrons. The molecule has 8 heteroatoms. The van der Waals surface area contributed by atoms with Gasteiger partial charge < -0.3 is 19.9 Å². The van der Waals surface area contributed by atoms with Crippen LogP contribution in [-0.4, -0.2) is 38.0 Å². The van der Waals surface area contributed by atoms with Gasteiger partial charge >= 0.3 is 0 Å². The summed E-state index contributed by atoms with van der Waals surface area (Å²) >= 11 is 3.22. The standard InChI is InChI=1S/C17H18BrN3O4/c1-24-14-6-4-3-5-13(14)19-10-16(22)21-20-9-11-7-12(18)17(23)15(8-11)25-2/h3-9,19,23H,10H2,1-2H3,(H,21,22)/b20-9+. The van der Waals surface area contributed by atoms with E-state index >= 15 is 0 Å². The lowest BCUT2D eigenvalue weighted by Crippen LogP contribution is -2.26. The number of anilines is 1. The van der Waals surface area contributed by atoms with Crippen molar-refractivity contribution in [3.05, 3.63) is 46.4 Å². The number of hydrogen-bond acceptors (Lipinski definition) is 6. The van der Waals surface area contributed by atoms with E-state index in [4.69, 9.17) is 9.47 Å². The zero-order chi connectivity index (χ0) is 18.2. The Kier molecular flexibility index (Phi) is 6.64. The Morgan fingerprint density at radius 1 is 1.24 bits per heavy atom. The summed E-state index contributed by atoms with van der Waals surface area (Å²) < 4.78 is 10.7. The van der Waals surface area contributed by atoms with Gasteiger partial charge in [0.2, 0.25) is 0 Å². The summed E-state index contributed by atoms with van der Waals surface area (Å²) in [6.45, 7) is 0.0420. The van der Waals surface area contributed by atoms with E-state index in [1.165, 1.54) is 13.3 Å². The van der Waals surface area contributed by atoms with Crippen LogP contribution in [0, 0.1) is 0 Å². The summed E-state index contributed by atoms with van der Waals surface area (Å²) in [5, 5.41) is 16.6. The van der Waals surface area contributed by atoms with Crippen LogP contribution < -0.4 is 20.2 Å². The normalized spacial score (nSPS) is 10.5. The molecule has 0 radical (unpaired) electrons. The van der Waals surface area contributed by atoms with Gasteiger partial charge in [-0.25, -0.2) is 5.43 Å². The van der Waals surface area contributed by atoms with Gasteiger partial charge in [-0.3, -0.25) is 4.79 Å². The van der Waals surface area contributed by atoms with Gasteiger partial charge in [0.25, 0.3) is 5.91 Å². The van der Waals surface area contributed by atoms with E-state index in [1.807, 2.05) is 18.2 Å². The molecule has 2 aromatic carbocycles. The lowest BCUT2D eigenvalue weighted by atomic mass is 10.2. The molecule has 0 aliphatic carbocycles. The largest absolute Gasteiger partial charge is 0.503 e. The number of nitrogens with one attached hydrogen (secondary N) is 2. The number of phenols is 1. The lowest BCUT2D eigenvalue weighted by molar-refractivity contribution is -0.119. The lowest BCUT2D eigenvalue weighted by Gasteiger charge is -2.09. The number of aromatic hydroxyl groups is 1. The molecular formula is C17H18BrN3O4. The molecule has 0 heterocycles. The maximum absolute atomic E-state index is 11.8. The molecule has 2 aromatic rings. The number of phenolic OH excluding ortho intramolecular Hbond substituents is 1. The molecule has 0 aromatic heterocycles. The van der Waals surface area contributed by atoms with Crippen molar-refractivity contribution in [3.63, 3.8) is 0 Å². The molecule has 7 nitrogen and oxygen atoms in total. The highest BCUT2D eigenvalue weighted by Crippen LogP contribution is 2.34. The number of benzene rings is 2.